The van der Waals surface area contributed by atoms with Gasteiger partial charge in [-0.15, -0.1) is 0 Å². The SMILES string of the molecule is NCCOC(=Cc1ccccc1)CO. The predicted octanol–water partition coefficient (Wildman–Crippen LogP) is 0.995. The van der Waals surface area contributed by atoms with Crippen molar-refractivity contribution in [2.24, 2.45) is 5.73 Å². The maximum Gasteiger partial charge on any atom is 0.122 e. The Balaban J connectivity index is 2.64. The molecule has 1 aromatic rings. The van der Waals surface area contributed by atoms with E-state index in [1.165, 1.54) is 0 Å². The fraction of sp³-hybridized carbons (Fsp3) is 0.273. The summed E-state index contributed by atoms with van der Waals surface area (Å²) in [5, 5.41) is 8.98. The van der Waals surface area contributed by atoms with Crippen LogP contribution in [0.2, 0.25) is 0 Å². The Morgan fingerprint density at radius 1 is 1.36 bits per heavy atom. The molecule has 0 aliphatic rings. The van der Waals surface area contributed by atoms with Gasteiger partial charge in [0, 0.05) is 6.54 Å². The summed E-state index contributed by atoms with van der Waals surface area (Å²) in [7, 11) is 0. The molecule has 3 N–H and O–H groups in total. The second-order valence-electron chi connectivity index (χ2n) is 2.82. The normalized spacial score (nSPS) is 11.4. The number of rotatable bonds is 5. The van der Waals surface area contributed by atoms with Crippen molar-refractivity contribution in [1.82, 2.24) is 0 Å². The van der Waals surface area contributed by atoms with E-state index < -0.39 is 0 Å². The van der Waals surface area contributed by atoms with Crippen molar-refractivity contribution in [3.8, 4) is 0 Å². The molecule has 0 atom stereocenters. The third-order valence-electron chi connectivity index (χ3n) is 1.69. The molecule has 1 aromatic carbocycles. The minimum Gasteiger partial charge on any atom is -0.494 e. The Morgan fingerprint density at radius 2 is 2.07 bits per heavy atom. The van der Waals surface area contributed by atoms with E-state index in [2.05, 4.69) is 0 Å². The number of hydrogen-bond acceptors (Lipinski definition) is 3. The van der Waals surface area contributed by atoms with Gasteiger partial charge in [0.2, 0.25) is 0 Å². The lowest BCUT2D eigenvalue weighted by Gasteiger charge is -2.06. The number of benzene rings is 1. The average molecular weight is 193 g/mol. The van der Waals surface area contributed by atoms with E-state index in [1.807, 2.05) is 30.3 Å². The smallest absolute Gasteiger partial charge is 0.122 e. The lowest BCUT2D eigenvalue weighted by molar-refractivity contribution is 0.170. The van der Waals surface area contributed by atoms with Crippen molar-refractivity contribution in [2.75, 3.05) is 19.8 Å². The molecule has 3 nitrogen and oxygen atoms in total. The van der Waals surface area contributed by atoms with Crippen LogP contribution in [0.5, 0.6) is 0 Å². The molecule has 0 unspecified atom stereocenters. The second-order valence-corrected chi connectivity index (χ2v) is 2.82. The van der Waals surface area contributed by atoms with Gasteiger partial charge in [-0.2, -0.15) is 0 Å². The van der Waals surface area contributed by atoms with E-state index in [1.54, 1.807) is 6.08 Å². The van der Waals surface area contributed by atoms with Gasteiger partial charge in [0.25, 0.3) is 0 Å². The van der Waals surface area contributed by atoms with Crippen LogP contribution in [-0.2, 0) is 4.74 Å². The summed E-state index contributed by atoms with van der Waals surface area (Å²) in [6, 6.07) is 9.70. The third kappa shape index (κ3) is 3.60. The van der Waals surface area contributed by atoms with Crippen LogP contribution in [0.15, 0.2) is 36.1 Å². The highest BCUT2D eigenvalue weighted by Crippen LogP contribution is 2.06. The quantitative estimate of drug-likeness (QED) is 0.686. The van der Waals surface area contributed by atoms with Gasteiger partial charge in [-0.25, -0.2) is 0 Å². The topological polar surface area (TPSA) is 55.5 Å². The Kier molecular flexibility index (Phi) is 4.75. The van der Waals surface area contributed by atoms with Crippen molar-refractivity contribution in [3.63, 3.8) is 0 Å². The zero-order valence-electron chi connectivity index (χ0n) is 8.02. The Hall–Kier alpha value is -1.32. The number of aliphatic hydroxyl groups excluding tert-OH is 1. The van der Waals surface area contributed by atoms with E-state index in [0.717, 1.165) is 5.56 Å². The molecule has 0 heterocycles. The van der Waals surface area contributed by atoms with Crippen LogP contribution in [-0.4, -0.2) is 24.9 Å². The summed E-state index contributed by atoms with van der Waals surface area (Å²) in [6.45, 7) is 0.778. The first-order valence-corrected chi connectivity index (χ1v) is 4.56. The molecule has 3 heteroatoms. The van der Waals surface area contributed by atoms with Gasteiger partial charge < -0.3 is 15.6 Å². The lowest BCUT2D eigenvalue weighted by Crippen LogP contribution is -2.09. The molecule has 0 aromatic heterocycles. The molecule has 0 aliphatic heterocycles. The summed E-state index contributed by atoms with van der Waals surface area (Å²) < 4.78 is 5.23. The van der Waals surface area contributed by atoms with E-state index in [-0.39, 0.29) is 6.61 Å². The zero-order chi connectivity index (χ0) is 10.2. The highest BCUT2D eigenvalue weighted by molar-refractivity contribution is 5.51. The van der Waals surface area contributed by atoms with E-state index in [0.29, 0.717) is 18.9 Å². The summed E-state index contributed by atoms with van der Waals surface area (Å²) in [5.41, 5.74) is 6.30. The molecule has 0 saturated carbocycles. The van der Waals surface area contributed by atoms with Crippen LogP contribution in [0.3, 0.4) is 0 Å². The van der Waals surface area contributed by atoms with Crippen LogP contribution >= 0.6 is 0 Å². The zero-order valence-corrected chi connectivity index (χ0v) is 8.02. The maximum absolute atomic E-state index is 8.98. The molecule has 0 aliphatic carbocycles. The molecule has 0 amide bonds. The molecule has 1 rings (SSSR count). The van der Waals surface area contributed by atoms with Crippen LogP contribution in [0.4, 0.5) is 0 Å². The molecule has 0 spiro atoms. The minimum absolute atomic E-state index is 0.102. The largest absolute Gasteiger partial charge is 0.494 e. The monoisotopic (exact) mass is 193 g/mol. The highest BCUT2D eigenvalue weighted by Gasteiger charge is 1.95. The fourth-order valence-corrected chi connectivity index (χ4v) is 1.06. The van der Waals surface area contributed by atoms with E-state index in [9.17, 15) is 0 Å². The molecule has 0 bridgehead atoms. The summed E-state index contributed by atoms with van der Waals surface area (Å²) >= 11 is 0. The number of aliphatic hydroxyl groups is 1. The van der Waals surface area contributed by atoms with Gasteiger partial charge in [0.05, 0.1) is 0 Å². The number of hydrogen-bond donors (Lipinski definition) is 2. The molecule has 76 valence electrons. The summed E-state index contributed by atoms with van der Waals surface area (Å²) in [6.07, 6.45) is 1.80. The molecule has 0 fully saturated rings. The second kappa shape index (κ2) is 6.18. The van der Waals surface area contributed by atoms with Gasteiger partial charge >= 0.3 is 0 Å². The lowest BCUT2D eigenvalue weighted by atomic mass is 10.2. The molecule has 0 saturated heterocycles. The first kappa shape index (κ1) is 10.8. The van der Waals surface area contributed by atoms with Gasteiger partial charge in [0.15, 0.2) is 0 Å². The Bertz CT molecular complexity index is 283. The van der Waals surface area contributed by atoms with Crippen molar-refractivity contribution in [1.29, 1.82) is 0 Å². The van der Waals surface area contributed by atoms with E-state index >= 15 is 0 Å². The number of ether oxygens (including phenoxy) is 1. The molecular weight excluding hydrogens is 178 g/mol. The van der Waals surface area contributed by atoms with Crippen LogP contribution in [0, 0.1) is 0 Å². The standard InChI is InChI=1S/C11H15NO2/c12-6-7-14-11(9-13)8-10-4-2-1-3-5-10/h1-5,8,13H,6-7,9,12H2. The molecule has 0 radical (unpaired) electrons. The summed E-state index contributed by atoms with van der Waals surface area (Å²) in [5.74, 6) is 0.543. The van der Waals surface area contributed by atoms with Crippen LogP contribution in [0.25, 0.3) is 6.08 Å². The maximum atomic E-state index is 8.98. The molecule has 14 heavy (non-hydrogen) atoms. The Morgan fingerprint density at radius 3 is 2.64 bits per heavy atom. The van der Waals surface area contributed by atoms with Gasteiger partial charge in [0.1, 0.15) is 19.0 Å². The highest BCUT2D eigenvalue weighted by atomic mass is 16.5. The van der Waals surface area contributed by atoms with Gasteiger partial charge in [-0.05, 0) is 11.6 Å². The van der Waals surface area contributed by atoms with Gasteiger partial charge in [-0.1, -0.05) is 30.3 Å². The van der Waals surface area contributed by atoms with E-state index in [4.69, 9.17) is 15.6 Å². The minimum atomic E-state index is -0.102. The number of nitrogens with two attached hydrogens (primary N) is 1. The first-order valence-electron chi connectivity index (χ1n) is 4.56. The van der Waals surface area contributed by atoms with Crippen molar-refractivity contribution in [3.05, 3.63) is 41.7 Å². The molecular formula is C11H15NO2. The Labute approximate surface area is 83.8 Å². The van der Waals surface area contributed by atoms with Crippen molar-refractivity contribution >= 4 is 6.08 Å². The van der Waals surface area contributed by atoms with Crippen LogP contribution < -0.4 is 5.73 Å². The first-order chi connectivity index (χ1) is 6.86. The fourth-order valence-electron chi connectivity index (χ4n) is 1.06. The summed E-state index contributed by atoms with van der Waals surface area (Å²) in [4.78, 5) is 0. The average Bonchev–Trinajstić information content (AvgIpc) is 2.25. The third-order valence-corrected chi connectivity index (χ3v) is 1.69. The van der Waals surface area contributed by atoms with Crippen molar-refractivity contribution < 1.29 is 9.84 Å². The predicted molar refractivity (Wildman–Crippen MR) is 56.5 cm³/mol. The van der Waals surface area contributed by atoms with Crippen LogP contribution in [0.1, 0.15) is 5.56 Å². The van der Waals surface area contributed by atoms with Gasteiger partial charge in [-0.3, -0.25) is 0 Å². The van der Waals surface area contributed by atoms with Crippen molar-refractivity contribution in [2.45, 2.75) is 0 Å².